The van der Waals surface area contributed by atoms with Gasteiger partial charge in [-0.3, -0.25) is 0 Å². The molecule has 2 aliphatic rings. The minimum atomic E-state index is -0.556. The van der Waals surface area contributed by atoms with Crippen LogP contribution in [0.5, 0.6) is 0 Å². The van der Waals surface area contributed by atoms with Crippen LogP contribution in [0.25, 0.3) is 0 Å². The predicted molar refractivity (Wildman–Crippen MR) is 199 cm³/mol. The molecule has 2 aromatic rings. The molecule has 0 N–H and O–H groups in total. The first kappa shape index (κ1) is 38.2. The van der Waals surface area contributed by atoms with Crippen molar-refractivity contribution in [3.05, 3.63) is 70.8 Å². The number of ether oxygens (including phenoxy) is 2. The molecule has 2 aliphatic carbocycles. The SMILES string of the molecule is CCCCCCCC1CCC(c2ccc(C(=O)OC(C)C(C)OC(=O)c3ccc(C4CCC(CCCCCCC)CC4)cc3)cc2)CC1. The van der Waals surface area contributed by atoms with E-state index in [2.05, 4.69) is 38.1 Å². The van der Waals surface area contributed by atoms with Crippen molar-refractivity contribution in [2.24, 2.45) is 11.8 Å². The highest BCUT2D eigenvalue weighted by molar-refractivity contribution is 5.90. The van der Waals surface area contributed by atoms with Crippen LogP contribution >= 0.6 is 0 Å². The molecule has 0 aromatic heterocycles. The second-order valence-corrected chi connectivity index (χ2v) is 15.3. The molecule has 2 saturated carbocycles. The molecule has 0 saturated heterocycles. The van der Waals surface area contributed by atoms with Gasteiger partial charge in [0.25, 0.3) is 0 Å². The van der Waals surface area contributed by atoms with Crippen LogP contribution < -0.4 is 0 Å². The fourth-order valence-electron chi connectivity index (χ4n) is 8.09. The quantitative estimate of drug-likeness (QED) is 0.111. The van der Waals surface area contributed by atoms with Crippen molar-refractivity contribution in [3.63, 3.8) is 0 Å². The second kappa shape index (κ2) is 20.8. The number of rotatable bonds is 19. The topological polar surface area (TPSA) is 52.6 Å². The van der Waals surface area contributed by atoms with Crippen molar-refractivity contribution in [2.45, 2.75) is 180 Å². The first-order valence-electron chi connectivity index (χ1n) is 20.0. The van der Waals surface area contributed by atoms with Gasteiger partial charge in [-0.05, 0) is 124 Å². The Morgan fingerprint density at radius 2 is 0.854 bits per heavy atom. The van der Waals surface area contributed by atoms with Crippen LogP contribution in [0.1, 0.15) is 200 Å². The molecule has 4 heteroatoms. The van der Waals surface area contributed by atoms with E-state index in [1.165, 1.54) is 140 Å². The average Bonchev–Trinajstić information content (AvgIpc) is 3.12. The summed E-state index contributed by atoms with van der Waals surface area (Å²) in [6, 6.07) is 16.0. The Morgan fingerprint density at radius 3 is 1.19 bits per heavy atom. The summed E-state index contributed by atoms with van der Waals surface area (Å²) in [5.74, 6) is 2.20. The Hall–Kier alpha value is -2.62. The van der Waals surface area contributed by atoms with E-state index in [0.717, 1.165) is 11.8 Å². The van der Waals surface area contributed by atoms with E-state index in [-0.39, 0.29) is 11.9 Å². The van der Waals surface area contributed by atoms with Crippen LogP contribution in [0, 0.1) is 11.8 Å². The zero-order chi connectivity index (χ0) is 34.1. The lowest BCUT2D eigenvalue weighted by molar-refractivity contribution is -0.0239. The molecule has 266 valence electrons. The third-order valence-electron chi connectivity index (χ3n) is 11.6. The smallest absolute Gasteiger partial charge is 0.338 e. The lowest BCUT2D eigenvalue weighted by Crippen LogP contribution is -2.30. The molecule has 0 amide bonds. The Kier molecular flexibility index (Phi) is 16.5. The van der Waals surface area contributed by atoms with E-state index in [0.29, 0.717) is 23.0 Å². The molecule has 0 spiro atoms. The van der Waals surface area contributed by atoms with E-state index in [4.69, 9.17) is 9.47 Å². The molecule has 0 aliphatic heterocycles. The number of unbranched alkanes of at least 4 members (excludes halogenated alkanes) is 8. The lowest BCUT2D eigenvalue weighted by Gasteiger charge is -2.29. The first-order valence-corrected chi connectivity index (χ1v) is 20.0. The predicted octanol–water partition coefficient (Wildman–Crippen LogP) is 12.7. The minimum absolute atomic E-state index is 0.376. The fraction of sp³-hybridized carbons (Fsp3) is 0.682. The summed E-state index contributed by atoms with van der Waals surface area (Å²) in [5.41, 5.74) is 3.74. The van der Waals surface area contributed by atoms with Crippen molar-refractivity contribution >= 4 is 11.9 Å². The van der Waals surface area contributed by atoms with E-state index >= 15 is 0 Å². The number of carbonyl (C=O) groups excluding carboxylic acids is 2. The molecule has 4 rings (SSSR count). The zero-order valence-corrected chi connectivity index (χ0v) is 30.9. The molecule has 2 aromatic carbocycles. The Labute approximate surface area is 293 Å². The molecule has 4 nitrogen and oxygen atoms in total. The number of benzene rings is 2. The number of hydrogen-bond acceptors (Lipinski definition) is 4. The van der Waals surface area contributed by atoms with Crippen molar-refractivity contribution in [1.29, 1.82) is 0 Å². The van der Waals surface area contributed by atoms with Gasteiger partial charge >= 0.3 is 11.9 Å². The van der Waals surface area contributed by atoms with E-state index in [9.17, 15) is 9.59 Å². The maximum atomic E-state index is 12.9. The monoisotopic (exact) mass is 658 g/mol. The number of esters is 2. The highest BCUT2D eigenvalue weighted by Crippen LogP contribution is 2.39. The Bertz CT molecular complexity index is 1090. The lowest BCUT2D eigenvalue weighted by atomic mass is 9.77. The summed E-state index contributed by atoms with van der Waals surface area (Å²) < 4.78 is 11.5. The van der Waals surface area contributed by atoms with E-state index in [1.807, 2.05) is 24.3 Å². The van der Waals surface area contributed by atoms with Crippen molar-refractivity contribution in [1.82, 2.24) is 0 Å². The van der Waals surface area contributed by atoms with E-state index < -0.39 is 12.2 Å². The van der Waals surface area contributed by atoms with Crippen LogP contribution in [0.15, 0.2) is 48.5 Å². The van der Waals surface area contributed by atoms with Crippen LogP contribution in [0.3, 0.4) is 0 Å². The Morgan fingerprint density at radius 1 is 0.521 bits per heavy atom. The van der Waals surface area contributed by atoms with Gasteiger partial charge in [0.2, 0.25) is 0 Å². The summed E-state index contributed by atoms with van der Waals surface area (Å²) in [5, 5.41) is 0. The molecule has 0 heterocycles. The van der Waals surface area contributed by atoms with Crippen LogP contribution in [-0.4, -0.2) is 24.1 Å². The van der Waals surface area contributed by atoms with Gasteiger partial charge in [-0.2, -0.15) is 0 Å². The Balaban J connectivity index is 1.15. The molecular weight excluding hydrogens is 592 g/mol. The summed E-state index contributed by atoms with van der Waals surface area (Å²) >= 11 is 0. The average molecular weight is 659 g/mol. The number of hydrogen-bond donors (Lipinski definition) is 0. The maximum absolute atomic E-state index is 12.9. The second-order valence-electron chi connectivity index (χ2n) is 15.3. The fourth-order valence-corrected chi connectivity index (χ4v) is 8.09. The normalized spacial score (nSPS) is 22.5. The molecule has 2 atom stereocenters. The zero-order valence-electron chi connectivity index (χ0n) is 30.9. The van der Waals surface area contributed by atoms with Gasteiger partial charge in [-0.15, -0.1) is 0 Å². The molecule has 0 bridgehead atoms. The number of carbonyl (C=O) groups is 2. The molecule has 2 unspecified atom stereocenters. The van der Waals surface area contributed by atoms with Gasteiger partial charge in [0.05, 0.1) is 11.1 Å². The summed E-state index contributed by atoms with van der Waals surface area (Å²) in [7, 11) is 0. The van der Waals surface area contributed by atoms with E-state index in [1.54, 1.807) is 13.8 Å². The largest absolute Gasteiger partial charge is 0.455 e. The summed E-state index contributed by atoms with van der Waals surface area (Å²) in [6.45, 7) is 8.13. The third kappa shape index (κ3) is 12.4. The maximum Gasteiger partial charge on any atom is 0.338 e. The van der Waals surface area contributed by atoms with Gasteiger partial charge in [-0.1, -0.05) is 115 Å². The van der Waals surface area contributed by atoms with Crippen molar-refractivity contribution < 1.29 is 19.1 Å². The molecular formula is C44H66O4. The van der Waals surface area contributed by atoms with Crippen LogP contribution in [-0.2, 0) is 9.47 Å². The van der Waals surface area contributed by atoms with Crippen LogP contribution in [0.2, 0.25) is 0 Å². The van der Waals surface area contributed by atoms with Gasteiger partial charge < -0.3 is 9.47 Å². The molecule has 48 heavy (non-hydrogen) atoms. The first-order chi connectivity index (χ1) is 23.4. The molecule has 2 fully saturated rings. The highest BCUT2D eigenvalue weighted by atomic mass is 16.6. The van der Waals surface area contributed by atoms with Crippen LogP contribution in [0.4, 0.5) is 0 Å². The third-order valence-corrected chi connectivity index (χ3v) is 11.6. The highest BCUT2D eigenvalue weighted by Gasteiger charge is 2.26. The summed E-state index contributed by atoms with van der Waals surface area (Å²) in [4.78, 5) is 25.9. The van der Waals surface area contributed by atoms with Crippen molar-refractivity contribution in [2.75, 3.05) is 0 Å². The standard InChI is InChI=1S/C44H66O4/c1-5-7-9-11-13-15-35-17-21-37(22-18-35)39-25-29-41(30-26-39)43(45)47-33(3)34(4)48-44(46)42-31-27-40(28-32-42)38-23-19-36(20-24-38)16-14-12-10-8-6-2/h25-38H,5-24H2,1-4H3. The van der Waals surface area contributed by atoms with Crippen molar-refractivity contribution in [3.8, 4) is 0 Å². The van der Waals surface area contributed by atoms with Gasteiger partial charge in [0, 0.05) is 0 Å². The van der Waals surface area contributed by atoms with Gasteiger partial charge in [0.1, 0.15) is 12.2 Å². The van der Waals surface area contributed by atoms with Gasteiger partial charge in [-0.25, -0.2) is 9.59 Å². The van der Waals surface area contributed by atoms with Gasteiger partial charge in [0.15, 0.2) is 0 Å². The minimum Gasteiger partial charge on any atom is -0.455 e. The summed E-state index contributed by atoms with van der Waals surface area (Å²) in [6.07, 6.45) is 25.6. The molecule has 0 radical (unpaired) electrons.